The molecule has 0 aromatic heterocycles. The molecule has 0 radical (unpaired) electrons. The predicted molar refractivity (Wildman–Crippen MR) is 78.9 cm³/mol. The molecular formula is C15H12ClFN2O2. The molecule has 0 aliphatic carbocycles. The van der Waals surface area contributed by atoms with Gasteiger partial charge in [-0.3, -0.25) is 4.79 Å². The van der Waals surface area contributed by atoms with Crippen LogP contribution in [0.4, 0.5) is 15.8 Å². The van der Waals surface area contributed by atoms with E-state index >= 15 is 0 Å². The lowest BCUT2D eigenvalue weighted by molar-refractivity contribution is -0.121. The van der Waals surface area contributed by atoms with Crippen molar-refractivity contribution in [3.63, 3.8) is 0 Å². The Morgan fingerprint density at radius 2 is 2.14 bits per heavy atom. The fraction of sp³-hybridized carbons (Fsp3) is 0.133. The van der Waals surface area contributed by atoms with Crippen LogP contribution in [-0.4, -0.2) is 12.5 Å². The highest BCUT2D eigenvalue weighted by Crippen LogP contribution is 2.35. The average molecular weight is 307 g/mol. The van der Waals surface area contributed by atoms with Crippen LogP contribution in [0.5, 0.6) is 5.75 Å². The van der Waals surface area contributed by atoms with Crippen molar-refractivity contribution >= 4 is 28.9 Å². The Bertz CT molecular complexity index is 721. The summed E-state index contributed by atoms with van der Waals surface area (Å²) in [5, 5.41) is 0.0160. The van der Waals surface area contributed by atoms with Crippen molar-refractivity contribution in [1.82, 2.24) is 0 Å². The van der Waals surface area contributed by atoms with Crippen LogP contribution in [0.3, 0.4) is 0 Å². The van der Waals surface area contributed by atoms with Crippen molar-refractivity contribution in [3.05, 3.63) is 52.8 Å². The largest absolute Gasteiger partial charge is 0.482 e. The van der Waals surface area contributed by atoms with Crippen LogP contribution in [0.1, 0.15) is 5.56 Å². The molecular weight excluding hydrogens is 295 g/mol. The Morgan fingerprint density at radius 1 is 1.33 bits per heavy atom. The molecule has 0 unspecified atom stereocenters. The van der Waals surface area contributed by atoms with Crippen LogP contribution in [-0.2, 0) is 11.3 Å². The monoisotopic (exact) mass is 306 g/mol. The van der Waals surface area contributed by atoms with E-state index in [4.69, 9.17) is 22.1 Å². The molecule has 6 heteroatoms. The fourth-order valence-corrected chi connectivity index (χ4v) is 2.42. The molecule has 4 nitrogen and oxygen atoms in total. The number of halogens is 2. The zero-order chi connectivity index (χ0) is 15.0. The normalized spacial score (nSPS) is 13.8. The summed E-state index contributed by atoms with van der Waals surface area (Å²) in [6, 6.07) is 9.57. The standard InChI is InChI=1S/C15H12ClFN2O2/c16-15-9(2-1-3-11(15)17)7-19-12-6-10(18)4-5-13(12)21-8-14(19)20/h1-6H,7-8,18H2. The molecule has 2 N–H and O–H groups in total. The summed E-state index contributed by atoms with van der Waals surface area (Å²) < 4.78 is 18.9. The summed E-state index contributed by atoms with van der Waals surface area (Å²) in [5.74, 6) is -0.174. The molecule has 1 aliphatic heterocycles. The van der Waals surface area contributed by atoms with Gasteiger partial charge in [0, 0.05) is 5.69 Å². The molecule has 3 rings (SSSR count). The molecule has 1 aliphatic rings. The Morgan fingerprint density at radius 3 is 2.95 bits per heavy atom. The second kappa shape index (κ2) is 5.26. The number of rotatable bonds is 2. The number of nitrogen functional groups attached to an aromatic ring is 1. The lowest BCUT2D eigenvalue weighted by Crippen LogP contribution is -2.38. The number of nitrogens with two attached hydrogens (primary N) is 1. The molecule has 0 fully saturated rings. The van der Waals surface area contributed by atoms with E-state index in [1.807, 2.05) is 0 Å². The summed E-state index contributed by atoms with van der Waals surface area (Å²) in [7, 11) is 0. The van der Waals surface area contributed by atoms with Gasteiger partial charge in [-0.25, -0.2) is 4.39 Å². The van der Waals surface area contributed by atoms with Gasteiger partial charge in [0.05, 0.1) is 17.3 Å². The minimum Gasteiger partial charge on any atom is -0.482 e. The lowest BCUT2D eigenvalue weighted by atomic mass is 10.1. The van der Waals surface area contributed by atoms with E-state index in [0.29, 0.717) is 22.7 Å². The van der Waals surface area contributed by atoms with Gasteiger partial charge in [0.15, 0.2) is 6.61 Å². The molecule has 2 aromatic rings. The number of benzene rings is 2. The van der Waals surface area contributed by atoms with Crippen LogP contribution < -0.4 is 15.4 Å². The molecule has 108 valence electrons. The number of hydrogen-bond donors (Lipinski definition) is 1. The molecule has 0 bridgehead atoms. The zero-order valence-electron chi connectivity index (χ0n) is 11.0. The van der Waals surface area contributed by atoms with Gasteiger partial charge in [0.1, 0.15) is 11.6 Å². The number of ether oxygens (including phenoxy) is 1. The van der Waals surface area contributed by atoms with E-state index < -0.39 is 5.82 Å². The first-order chi connectivity index (χ1) is 10.1. The molecule has 21 heavy (non-hydrogen) atoms. The van der Waals surface area contributed by atoms with Crippen LogP contribution in [0.2, 0.25) is 5.02 Å². The molecule has 0 atom stereocenters. The van der Waals surface area contributed by atoms with E-state index in [0.717, 1.165) is 0 Å². The number of carbonyl (C=O) groups excluding carboxylic acids is 1. The number of nitrogens with zero attached hydrogens (tertiary/aromatic N) is 1. The summed E-state index contributed by atoms with van der Waals surface area (Å²) in [6.07, 6.45) is 0. The van der Waals surface area contributed by atoms with Crippen molar-refractivity contribution in [2.45, 2.75) is 6.54 Å². The average Bonchev–Trinajstić information content (AvgIpc) is 2.46. The van der Waals surface area contributed by atoms with E-state index in [1.54, 1.807) is 30.3 Å². The molecule has 0 spiro atoms. The maximum Gasteiger partial charge on any atom is 0.265 e. The highest BCUT2D eigenvalue weighted by Gasteiger charge is 2.26. The summed E-state index contributed by atoms with van der Waals surface area (Å²) in [6.45, 7) is 0.0963. The van der Waals surface area contributed by atoms with Crippen molar-refractivity contribution in [3.8, 4) is 5.75 Å². The highest BCUT2D eigenvalue weighted by molar-refractivity contribution is 6.31. The molecule has 0 saturated carbocycles. The van der Waals surface area contributed by atoms with E-state index in [-0.39, 0.29) is 24.1 Å². The molecule has 1 amide bonds. The Balaban J connectivity index is 2.00. The second-order valence-corrected chi connectivity index (χ2v) is 5.09. The zero-order valence-corrected chi connectivity index (χ0v) is 11.7. The van der Waals surface area contributed by atoms with E-state index in [1.165, 1.54) is 11.0 Å². The summed E-state index contributed by atoms with van der Waals surface area (Å²) >= 11 is 5.95. The van der Waals surface area contributed by atoms with Gasteiger partial charge in [-0.1, -0.05) is 23.7 Å². The quantitative estimate of drug-likeness (QED) is 0.868. The van der Waals surface area contributed by atoms with Gasteiger partial charge < -0.3 is 15.4 Å². The third-order valence-corrected chi connectivity index (χ3v) is 3.71. The van der Waals surface area contributed by atoms with Gasteiger partial charge >= 0.3 is 0 Å². The first-order valence-electron chi connectivity index (χ1n) is 6.32. The van der Waals surface area contributed by atoms with Gasteiger partial charge in [0.25, 0.3) is 5.91 Å². The SMILES string of the molecule is Nc1ccc2c(c1)N(Cc1cccc(F)c1Cl)C(=O)CO2. The maximum atomic E-state index is 13.5. The highest BCUT2D eigenvalue weighted by atomic mass is 35.5. The topological polar surface area (TPSA) is 55.6 Å². The minimum atomic E-state index is -0.511. The maximum absolute atomic E-state index is 13.5. The third kappa shape index (κ3) is 2.52. The lowest BCUT2D eigenvalue weighted by Gasteiger charge is -2.30. The second-order valence-electron chi connectivity index (χ2n) is 4.71. The number of fused-ring (bicyclic) bond motifs is 1. The predicted octanol–water partition coefficient (Wildman–Crippen LogP) is 2.99. The van der Waals surface area contributed by atoms with Gasteiger partial charge in [-0.15, -0.1) is 0 Å². The molecule has 1 heterocycles. The smallest absolute Gasteiger partial charge is 0.265 e. The van der Waals surface area contributed by atoms with Gasteiger partial charge in [-0.2, -0.15) is 0 Å². The van der Waals surface area contributed by atoms with Crippen LogP contribution in [0.25, 0.3) is 0 Å². The fourth-order valence-electron chi connectivity index (χ4n) is 2.23. The van der Waals surface area contributed by atoms with Gasteiger partial charge in [0.2, 0.25) is 0 Å². The first kappa shape index (κ1) is 13.7. The Kier molecular flexibility index (Phi) is 3.43. The number of hydrogen-bond acceptors (Lipinski definition) is 3. The first-order valence-corrected chi connectivity index (χ1v) is 6.69. The van der Waals surface area contributed by atoms with Crippen LogP contribution in [0, 0.1) is 5.82 Å². The van der Waals surface area contributed by atoms with Crippen LogP contribution >= 0.6 is 11.6 Å². The number of carbonyl (C=O) groups is 1. The van der Waals surface area contributed by atoms with E-state index in [2.05, 4.69) is 0 Å². The van der Waals surface area contributed by atoms with Crippen LogP contribution in [0.15, 0.2) is 36.4 Å². The summed E-state index contributed by atoms with van der Waals surface area (Å²) in [5.41, 5.74) is 7.36. The molecule has 0 saturated heterocycles. The number of anilines is 2. The molecule has 2 aromatic carbocycles. The number of amides is 1. The van der Waals surface area contributed by atoms with Crippen molar-refractivity contribution in [1.29, 1.82) is 0 Å². The van der Waals surface area contributed by atoms with Crippen molar-refractivity contribution in [2.24, 2.45) is 0 Å². The third-order valence-electron chi connectivity index (χ3n) is 3.29. The Hall–Kier alpha value is -2.27. The Labute approximate surface area is 125 Å². The van der Waals surface area contributed by atoms with Gasteiger partial charge in [-0.05, 0) is 29.8 Å². The minimum absolute atomic E-state index is 0.0160. The van der Waals surface area contributed by atoms with E-state index in [9.17, 15) is 9.18 Å². The summed E-state index contributed by atoms with van der Waals surface area (Å²) in [4.78, 5) is 13.6. The van der Waals surface area contributed by atoms with Crippen molar-refractivity contribution in [2.75, 3.05) is 17.2 Å². The van der Waals surface area contributed by atoms with Crippen molar-refractivity contribution < 1.29 is 13.9 Å².